The highest BCUT2D eigenvalue weighted by atomic mass is 79.9. The molecule has 1 aromatic heterocycles. The van der Waals surface area contributed by atoms with Crippen molar-refractivity contribution in [2.75, 3.05) is 18.5 Å². The third-order valence-corrected chi connectivity index (χ3v) is 5.55. The molecule has 3 amide bonds. The first-order valence-corrected chi connectivity index (χ1v) is 10.0. The molecule has 2 aromatic rings. The van der Waals surface area contributed by atoms with Crippen LogP contribution in [0.4, 0.5) is 5.13 Å². The van der Waals surface area contributed by atoms with Crippen molar-refractivity contribution in [1.82, 2.24) is 9.88 Å². The largest absolute Gasteiger partial charge is 0.462 e. The number of amides is 3. The number of benzene rings is 1. The van der Waals surface area contributed by atoms with Gasteiger partial charge in [-0.25, -0.2) is 9.78 Å². The summed E-state index contributed by atoms with van der Waals surface area (Å²) in [6.45, 7) is 3.55. The summed E-state index contributed by atoms with van der Waals surface area (Å²) < 4.78 is 5.64. The van der Waals surface area contributed by atoms with Crippen molar-refractivity contribution in [3.05, 3.63) is 44.4 Å². The average molecular weight is 466 g/mol. The van der Waals surface area contributed by atoms with Crippen LogP contribution < -0.4 is 5.32 Å². The number of carbonyl (C=O) groups is 4. The van der Waals surface area contributed by atoms with E-state index in [0.29, 0.717) is 26.2 Å². The van der Waals surface area contributed by atoms with E-state index in [1.54, 1.807) is 32.0 Å². The zero-order valence-corrected chi connectivity index (χ0v) is 17.5. The van der Waals surface area contributed by atoms with E-state index >= 15 is 0 Å². The van der Waals surface area contributed by atoms with Crippen molar-refractivity contribution < 1.29 is 23.9 Å². The van der Waals surface area contributed by atoms with Crippen molar-refractivity contribution in [2.24, 2.45) is 0 Å². The molecule has 1 aromatic carbocycles. The lowest BCUT2D eigenvalue weighted by Crippen LogP contribution is -2.32. The maximum Gasteiger partial charge on any atom is 0.350 e. The van der Waals surface area contributed by atoms with E-state index < -0.39 is 23.7 Å². The first-order chi connectivity index (χ1) is 13.3. The van der Waals surface area contributed by atoms with Crippen LogP contribution in [0.2, 0.25) is 0 Å². The lowest BCUT2D eigenvalue weighted by Gasteiger charge is -2.12. The number of esters is 1. The Morgan fingerprint density at radius 2 is 1.96 bits per heavy atom. The lowest BCUT2D eigenvalue weighted by atomic mass is 10.1. The van der Waals surface area contributed by atoms with Gasteiger partial charge in [0.25, 0.3) is 11.8 Å². The smallest absolute Gasteiger partial charge is 0.350 e. The molecule has 1 aliphatic heterocycles. The van der Waals surface area contributed by atoms with E-state index in [4.69, 9.17) is 4.74 Å². The van der Waals surface area contributed by atoms with Gasteiger partial charge in [0.05, 0.1) is 23.4 Å². The summed E-state index contributed by atoms with van der Waals surface area (Å²) in [7, 11) is 0. The molecule has 0 saturated heterocycles. The van der Waals surface area contributed by atoms with E-state index in [-0.39, 0.29) is 24.7 Å². The number of aromatic nitrogens is 1. The van der Waals surface area contributed by atoms with E-state index in [1.807, 2.05) is 0 Å². The van der Waals surface area contributed by atoms with Crippen LogP contribution in [-0.2, 0) is 9.53 Å². The van der Waals surface area contributed by atoms with Crippen molar-refractivity contribution in [3.8, 4) is 0 Å². The van der Waals surface area contributed by atoms with E-state index in [2.05, 4.69) is 26.2 Å². The van der Waals surface area contributed by atoms with Gasteiger partial charge >= 0.3 is 5.97 Å². The Hall–Kier alpha value is -2.59. The van der Waals surface area contributed by atoms with E-state index in [9.17, 15) is 19.2 Å². The molecule has 0 atom stereocenters. The Morgan fingerprint density at radius 3 is 2.68 bits per heavy atom. The number of imide groups is 1. The maximum atomic E-state index is 12.4. The molecule has 0 radical (unpaired) electrons. The number of fused-ring (bicyclic) bond motifs is 1. The van der Waals surface area contributed by atoms with E-state index in [0.717, 1.165) is 16.2 Å². The molecule has 146 valence electrons. The summed E-state index contributed by atoms with van der Waals surface area (Å²) in [4.78, 5) is 54.3. The van der Waals surface area contributed by atoms with Gasteiger partial charge in [0.15, 0.2) is 5.13 Å². The minimum atomic E-state index is -0.491. The van der Waals surface area contributed by atoms with Crippen LogP contribution in [0.15, 0.2) is 22.7 Å². The fourth-order valence-corrected chi connectivity index (χ4v) is 3.93. The van der Waals surface area contributed by atoms with Gasteiger partial charge < -0.3 is 10.1 Å². The molecule has 1 N–H and O–H groups in total. The fourth-order valence-electron chi connectivity index (χ4n) is 2.70. The minimum absolute atomic E-state index is 0.0507. The third-order valence-electron chi connectivity index (χ3n) is 4.00. The first kappa shape index (κ1) is 20.2. The Bertz CT molecular complexity index is 988. The lowest BCUT2D eigenvalue weighted by molar-refractivity contribution is -0.116. The Balaban J connectivity index is 1.61. The number of aryl methyl sites for hydroxylation is 1. The molecule has 0 bridgehead atoms. The number of rotatable bonds is 6. The summed E-state index contributed by atoms with van der Waals surface area (Å²) in [6.07, 6.45) is -0.0833. The Morgan fingerprint density at radius 1 is 1.25 bits per heavy atom. The molecular weight excluding hydrogens is 450 g/mol. The normalized spacial score (nSPS) is 12.9. The number of hydrogen-bond acceptors (Lipinski definition) is 7. The Labute approximate surface area is 173 Å². The molecular formula is C18H16BrN3O5S. The number of nitrogens with one attached hydrogen (secondary N) is 1. The van der Waals surface area contributed by atoms with Gasteiger partial charge in [0, 0.05) is 17.4 Å². The summed E-state index contributed by atoms with van der Waals surface area (Å²) in [6, 6.07) is 4.85. The van der Waals surface area contributed by atoms with Crippen LogP contribution in [0, 0.1) is 6.92 Å². The van der Waals surface area contributed by atoms with Crippen molar-refractivity contribution in [1.29, 1.82) is 0 Å². The second-order valence-electron chi connectivity index (χ2n) is 5.90. The monoisotopic (exact) mass is 465 g/mol. The molecule has 0 aliphatic carbocycles. The second kappa shape index (κ2) is 8.19. The summed E-state index contributed by atoms with van der Waals surface area (Å²) in [5.74, 6) is -1.75. The van der Waals surface area contributed by atoms with Crippen molar-refractivity contribution in [3.63, 3.8) is 0 Å². The fraction of sp³-hybridized carbons (Fsp3) is 0.278. The van der Waals surface area contributed by atoms with Gasteiger partial charge in [-0.15, -0.1) is 0 Å². The third kappa shape index (κ3) is 3.97. The van der Waals surface area contributed by atoms with Crippen LogP contribution in [0.5, 0.6) is 0 Å². The van der Waals surface area contributed by atoms with Crippen LogP contribution in [0.25, 0.3) is 0 Å². The summed E-state index contributed by atoms with van der Waals surface area (Å²) >= 11 is 4.29. The van der Waals surface area contributed by atoms with Gasteiger partial charge in [0.2, 0.25) is 5.91 Å². The second-order valence-corrected chi connectivity index (χ2v) is 7.82. The standard InChI is InChI=1S/C18H16BrN3O5S/c1-3-27-17(26)14-9(2)20-18(28-14)21-13(23)6-7-22-15(24)11-5-4-10(19)8-12(11)16(22)25/h4-5,8H,3,6-7H2,1-2H3,(H,20,21,23). The quantitative estimate of drug-likeness (QED) is 0.519. The molecule has 0 saturated carbocycles. The van der Waals surface area contributed by atoms with E-state index in [1.165, 1.54) is 0 Å². The number of carbonyl (C=O) groups excluding carboxylic acids is 4. The average Bonchev–Trinajstić information content (AvgIpc) is 3.11. The molecule has 0 fully saturated rings. The Kier molecular flexibility index (Phi) is 5.90. The number of ether oxygens (including phenoxy) is 1. The van der Waals surface area contributed by atoms with Crippen molar-refractivity contribution in [2.45, 2.75) is 20.3 Å². The predicted octanol–water partition coefficient (Wildman–Crippen LogP) is 3.02. The molecule has 28 heavy (non-hydrogen) atoms. The zero-order valence-electron chi connectivity index (χ0n) is 15.1. The highest BCUT2D eigenvalue weighted by molar-refractivity contribution is 9.10. The van der Waals surface area contributed by atoms with Crippen LogP contribution in [0.1, 0.15) is 49.4 Å². The topological polar surface area (TPSA) is 106 Å². The number of halogens is 1. The molecule has 3 rings (SSSR count). The molecule has 0 unspecified atom stereocenters. The van der Waals surface area contributed by atoms with Crippen LogP contribution >= 0.6 is 27.3 Å². The summed E-state index contributed by atoms with van der Waals surface area (Å²) in [5.41, 5.74) is 1.10. The van der Waals surface area contributed by atoms with Crippen LogP contribution in [0.3, 0.4) is 0 Å². The molecule has 10 heteroatoms. The molecule has 0 spiro atoms. The van der Waals surface area contributed by atoms with Gasteiger partial charge in [0.1, 0.15) is 4.88 Å². The van der Waals surface area contributed by atoms with Gasteiger partial charge in [-0.05, 0) is 32.0 Å². The highest BCUT2D eigenvalue weighted by Crippen LogP contribution is 2.27. The SMILES string of the molecule is CCOC(=O)c1sc(NC(=O)CCN2C(=O)c3ccc(Br)cc3C2=O)nc1C. The number of anilines is 1. The van der Waals surface area contributed by atoms with Gasteiger partial charge in [-0.2, -0.15) is 0 Å². The minimum Gasteiger partial charge on any atom is -0.462 e. The molecule has 1 aliphatic rings. The van der Waals surface area contributed by atoms with Gasteiger partial charge in [-0.3, -0.25) is 19.3 Å². The first-order valence-electron chi connectivity index (χ1n) is 8.42. The maximum absolute atomic E-state index is 12.4. The predicted molar refractivity (Wildman–Crippen MR) is 106 cm³/mol. The van der Waals surface area contributed by atoms with Gasteiger partial charge in [-0.1, -0.05) is 27.3 Å². The number of thiazole rings is 1. The molecule has 2 heterocycles. The van der Waals surface area contributed by atoms with Crippen molar-refractivity contribution >= 4 is 56.1 Å². The summed E-state index contributed by atoms with van der Waals surface area (Å²) in [5, 5.41) is 2.85. The van der Waals surface area contributed by atoms with Crippen LogP contribution in [-0.4, -0.2) is 46.7 Å². The highest BCUT2D eigenvalue weighted by Gasteiger charge is 2.35. The molecule has 8 nitrogen and oxygen atoms in total. The number of hydrogen-bond donors (Lipinski definition) is 1. The zero-order chi connectivity index (χ0) is 20.4. The number of nitrogens with zero attached hydrogens (tertiary/aromatic N) is 2.